The highest BCUT2D eigenvalue weighted by Crippen LogP contribution is 2.04. The van der Waals surface area contributed by atoms with E-state index in [1.54, 1.807) is 13.0 Å². The van der Waals surface area contributed by atoms with Crippen LogP contribution in [0.15, 0.2) is 18.5 Å². The Hall–Kier alpha value is -1.96. The zero-order valence-electron chi connectivity index (χ0n) is 7.77. The van der Waals surface area contributed by atoms with Crippen molar-refractivity contribution in [3.05, 3.63) is 18.5 Å². The molecular formula is C9H10N4O. The van der Waals surface area contributed by atoms with Crippen molar-refractivity contribution in [1.29, 1.82) is 5.26 Å². The predicted molar refractivity (Wildman–Crippen MR) is 50.1 cm³/mol. The second kappa shape index (κ2) is 4.92. The minimum atomic E-state index is -0.640. The largest absolute Gasteiger partial charge is 0.293 e. The van der Waals surface area contributed by atoms with E-state index in [0.29, 0.717) is 6.42 Å². The molecular weight excluding hydrogens is 180 g/mol. The molecule has 0 aliphatic rings. The third kappa shape index (κ3) is 2.52. The first-order valence-electron chi connectivity index (χ1n) is 4.25. The van der Waals surface area contributed by atoms with Crippen LogP contribution in [-0.4, -0.2) is 15.9 Å². The Morgan fingerprint density at radius 2 is 2.29 bits per heavy atom. The lowest BCUT2D eigenvalue weighted by molar-refractivity contribution is -0.118. The van der Waals surface area contributed by atoms with Crippen molar-refractivity contribution in [2.75, 3.05) is 5.32 Å². The summed E-state index contributed by atoms with van der Waals surface area (Å²) in [4.78, 5) is 19.0. The molecule has 1 heterocycles. The van der Waals surface area contributed by atoms with E-state index >= 15 is 0 Å². The Morgan fingerprint density at radius 3 is 2.79 bits per heavy atom. The number of nitrogens with zero attached hydrogens (tertiary/aromatic N) is 3. The van der Waals surface area contributed by atoms with Crippen molar-refractivity contribution < 1.29 is 4.79 Å². The molecule has 72 valence electrons. The van der Waals surface area contributed by atoms with Gasteiger partial charge in [0, 0.05) is 12.4 Å². The fraction of sp³-hybridized carbons (Fsp3) is 0.333. The summed E-state index contributed by atoms with van der Waals surface area (Å²) in [7, 11) is 0. The molecule has 0 saturated heterocycles. The number of nitriles is 1. The topological polar surface area (TPSA) is 78.7 Å². The molecule has 0 radical (unpaired) electrons. The lowest BCUT2D eigenvalue weighted by atomic mass is 10.1. The van der Waals surface area contributed by atoms with Crippen molar-refractivity contribution in [3.8, 4) is 6.07 Å². The van der Waals surface area contributed by atoms with E-state index < -0.39 is 5.92 Å². The lowest BCUT2D eigenvalue weighted by Crippen LogP contribution is -2.22. The van der Waals surface area contributed by atoms with E-state index in [1.165, 1.54) is 12.4 Å². The summed E-state index contributed by atoms with van der Waals surface area (Å²) < 4.78 is 0. The van der Waals surface area contributed by atoms with Crippen molar-refractivity contribution >= 4 is 11.9 Å². The highest BCUT2D eigenvalue weighted by molar-refractivity contribution is 5.92. The van der Waals surface area contributed by atoms with Crippen LogP contribution >= 0.6 is 0 Å². The smallest absolute Gasteiger partial charge is 0.244 e. The molecule has 1 aromatic rings. The molecule has 1 atom stereocenters. The third-order valence-corrected chi connectivity index (χ3v) is 1.68. The highest BCUT2D eigenvalue weighted by Gasteiger charge is 2.15. The van der Waals surface area contributed by atoms with E-state index in [4.69, 9.17) is 5.26 Å². The molecule has 14 heavy (non-hydrogen) atoms. The van der Waals surface area contributed by atoms with Gasteiger partial charge in [0.25, 0.3) is 0 Å². The second-order valence-electron chi connectivity index (χ2n) is 2.65. The SMILES string of the molecule is CCC(C#N)C(=O)Nc1ncccn1. The quantitative estimate of drug-likeness (QED) is 0.770. The predicted octanol–water partition coefficient (Wildman–Crippen LogP) is 0.965. The fourth-order valence-electron chi connectivity index (χ4n) is 0.896. The molecule has 1 N–H and O–H groups in total. The first-order valence-corrected chi connectivity index (χ1v) is 4.25. The maximum Gasteiger partial charge on any atom is 0.244 e. The maximum atomic E-state index is 11.4. The van der Waals surface area contributed by atoms with E-state index in [1.807, 2.05) is 6.07 Å². The van der Waals surface area contributed by atoms with Gasteiger partial charge in [-0.3, -0.25) is 10.1 Å². The molecule has 5 heteroatoms. The Morgan fingerprint density at radius 1 is 1.64 bits per heavy atom. The molecule has 1 rings (SSSR count). The normalized spacial score (nSPS) is 11.4. The summed E-state index contributed by atoms with van der Waals surface area (Å²) in [5.41, 5.74) is 0. The second-order valence-corrected chi connectivity index (χ2v) is 2.65. The van der Waals surface area contributed by atoms with Crippen LogP contribution < -0.4 is 5.32 Å². The summed E-state index contributed by atoms with van der Waals surface area (Å²) in [5.74, 6) is -0.772. The van der Waals surface area contributed by atoms with Crippen LogP contribution in [0, 0.1) is 17.2 Å². The molecule has 5 nitrogen and oxygen atoms in total. The van der Waals surface area contributed by atoms with Gasteiger partial charge in [0.2, 0.25) is 11.9 Å². The van der Waals surface area contributed by atoms with Crippen molar-refractivity contribution in [2.24, 2.45) is 5.92 Å². The van der Waals surface area contributed by atoms with Gasteiger partial charge < -0.3 is 0 Å². The number of aromatic nitrogens is 2. The standard InChI is InChI=1S/C9H10N4O/c1-2-7(6-10)8(14)13-9-11-4-3-5-12-9/h3-5,7H,2H2,1H3,(H,11,12,13,14). The van der Waals surface area contributed by atoms with Crippen LogP contribution in [0.2, 0.25) is 0 Å². The van der Waals surface area contributed by atoms with Crippen LogP contribution in [0.4, 0.5) is 5.95 Å². The number of hydrogen-bond donors (Lipinski definition) is 1. The van der Waals surface area contributed by atoms with Gasteiger partial charge in [0.05, 0.1) is 6.07 Å². The van der Waals surface area contributed by atoms with Crippen LogP contribution in [0.1, 0.15) is 13.3 Å². The summed E-state index contributed by atoms with van der Waals surface area (Å²) in [6.07, 6.45) is 3.53. The van der Waals surface area contributed by atoms with Gasteiger partial charge >= 0.3 is 0 Å². The monoisotopic (exact) mass is 190 g/mol. The maximum absolute atomic E-state index is 11.4. The first-order chi connectivity index (χ1) is 6.77. The van der Waals surface area contributed by atoms with Gasteiger partial charge in [-0.25, -0.2) is 9.97 Å². The lowest BCUT2D eigenvalue weighted by Gasteiger charge is -2.05. The Bertz CT molecular complexity index is 344. The van der Waals surface area contributed by atoms with E-state index in [2.05, 4.69) is 15.3 Å². The summed E-state index contributed by atoms with van der Waals surface area (Å²) >= 11 is 0. The van der Waals surface area contributed by atoms with Crippen LogP contribution in [0.3, 0.4) is 0 Å². The molecule has 0 aliphatic carbocycles. The number of carbonyl (C=O) groups is 1. The third-order valence-electron chi connectivity index (χ3n) is 1.68. The fourth-order valence-corrected chi connectivity index (χ4v) is 0.896. The minimum absolute atomic E-state index is 0.228. The van der Waals surface area contributed by atoms with Gasteiger partial charge in [-0.15, -0.1) is 0 Å². The van der Waals surface area contributed by atoms with Crippen LogP contribution in [0.5, 0.6) is 0 Å². The number of nitrogens with one attached hydrogen (secondary N) is 1. The zero-order valence-corrected chi connectivity index (χ0v) is 7.77. The Kier molecular flexibility index (Phi) is 3.56. The number of rotatable bonds is 3. The summed E-state index contributed by atoms with van der Waals surface area (Å²) in [6, 6.07) is 3.55. The van der Waals surface area contributed by atoms with Gasteiger partial charge in [0.15, 0.2) is 0 Å². The van der Waals surface area contributed by atoms with E-state index in [-0.39, 0.29) is 11.9 Å². The van der Waals surface area contributed by atoms with E-state index in [0.717, 1.165) is 0 Å². The molecule has 0 aliphatic heterocycles. The molecule has 1 amide bonds. The minimum Gasteiger partial charge on any atom is -0.293 e. The zero-order chi connectivity index (χ0) is 10.4. The Balaban J connectivity index is 2.62. The van der Waals surface area contributed by atoms with Crippen molar-refractivity contribution in [2.45, 2.75) is 13.3 Å². The van der Waals surface area contributed by atoms with Crippen molar-refractivity contribution in [1.82, 2.24) is 9.97 Å². The molecule has 0 fully saturated rings. The van der Waals surface area contributed by atoms with Crippen LogP contribution in [-0.2, 0) is 4.79 Å². The van der Waals surface area contributed by atoms with E-state index in [9.17, 15) is 4.79 Å². The average Bonchev–Trinajstić information content (AvgIpc) is 2.21. The number of carbonyl (C=O) groups excluding carboxylic acids is 1. The highest BCUT2D eigenvalue weighted by atomic mass is 16.2. The summed E-state index contributed by atoms with van der Waals surface area (Å²) in [5, 5.41) is 11.1. The van der Waals surface area contributed by atoms with Gasteiger partial charge in [-0.05, 0) is 12.5 Å². The van der Waals surface area contributed by atoms with Gasteiger partial charge in [-0.1, -0.05) is 6.92 Å². The van der Waals surface area contributed by atoms with Gasteiger partial charge in [-0.2, -0.15) is 5.26 Å². The number of hydrogen-bond acceptors (Lipinski definition) is 4. The Labute approximate surface area is 81.8 Å². The average molecular weight is 190 g/mol. The number of anilines is 1. The van der Waals surface area contributed by atoms with Crippen LogP contribution in [0.25, 0.3) is 0 Å². The first kappa shape index (κ1) is 10.1. The molecule has 0 spiro atoms. The molecule has 0 saturated carbocycles. The van der Waals surface area contributed by atoms with Gasteiger partial charge in [0.1, 0.15) is 5.92 Å². The molecule has 0 bridgehead atoms. The summed E-state index contributed by atoms with van der Waals surface area (Å²) in [6.45, 7) is 1.78. The number of amides is 1. The molecule has 1 aromatic heterocycles. The molecule has 0 aromatic carbocycles. The van der Waals surface area contributed by atoms with Crippen molar-refractivity contribution in [3.63, 3.8) is 0 Å². The molecule has 1 unspecified atom stereocenters.